The Kier molecular flexibility index (Phi) is 4.33. The summed E-state index contributed by atoms with van der Waals surface area (Å²) in [6, 6.07) is 4.38. The summed E-state index contributed by atoms with van der Waals surface area (Å²) in [5, 5.41) is 2.85. The molecular weight excluding hydrogens is 378 g/mol. The van der Waals surface area contributed by atoms with Crippen LogP contribution in [0.15, 0.2) is 30.0 Å². The van der Waals surface area contributed by atoms with E-state index in [0.29, 0.717) is 24.3 Å². The third kappa shape index (κ3) is 3.22. The smallest absolute Gasteiger partial charge is 0.350 e. The van der Waals surface area contributed by atoms with Gasteiger partial charge in [0.05, 0.1) is 5.69 Å². The number of nitrogens with one attached hydrogen (secondary N) is 1. The van der Waals surface area contributed by atoms with Crippen LogP contribution in [0.4, 0.5) is 16.2 Å². The number of imide groups is 1. The van der Waals surface area contributed by atoms with Crippen LogP contribution >= 0.6 is 0 Å². The van der Waals surface area contributed by atoms with Gasteiger partial charge < -0.3 is 19.7 Å². The van der Waals surface area contributed by atoms with Gasteiger partial charge in [0.15, 0.2) is 5.57 Å². The molecule has 4 rings (SSSR count). The molecule has 0 spiro atoms. The quantitative estimate of drug-likeness (QED) is 0.359. The number of amides is 3. The number of rotatable bonds is 3. The minimum Gasteiger partial charge on any atom is -0.419 e. The number of hydrogen-bond donors (Lipinski definition) is 1. The van der Waals surface area contributed by atoms with E-state index in [0.717, 1.165) is 12.0 Å². The van der Waals surface area contributed by atoms with Gasteiger partial charge in [0.2, 0.25) is 0 Å². The summed E-state index contributed by atoms with van der Waals surface area (Å²) in [5.41, 5.74) is 1.44. The first-order valence-electron chi connectivity index (χ1n) is 9.36. The molecule has 0 aromatic heterocycles. The van der Waals surface area contributed by atoms with Crippen molar-refractivity contribution in [2.24, 2.45) is 0 Å². The van der Waals surface area contributed by atoms with Crippen molar-refractivity contribution in [3.63, 3.8) is 0 Å². The van der Waals surface area contributed by atoms with E-state index in [4.69, 9.17) is 9.47 Å². The van der Waals surface area contributed by atoms with E-state index in [-0.39, 0.29) is 17.5 Å². The zero-order valence-corrected chi connectivity index (χ0v) is 16.4. The molecular formula is C20H21N3O6. The number of aryl methyl sites for hydroxylation is 1. The maximum Gasteiger partial charge on any atom is 0.350 e. The number of carbonyl (C=O) groups is 4. The largest absolute Gasteiger partial charge is 0.419 e. The number of cyclic esters (lactones) is 2. The Morgan fingerprint density at radius 1 is 1.14 bits per heavy atom. The average molecular weight is 399 g/mol. The number of carbonyl (C=O) groups excluding carboxylic acids is 4. The maximum atomic E-state index is 12.7. The van der Waals surface area contributed by atoms with Crippen LogP contribution in [0.3, 0.4) is 0 Å². The fourth-order valence-electron chi connectivity index (χ4n) is 3.72. The minimum atomic E-state index is -1.31. The Hall–Kier alpha value is -3.36. The van der Waals surface area contributed by atoms with Crippen molar-refractivity contribution in [1.29, 1.82) is 0 Å². The number of nitrogens with zero attached hydrogens (tertiary/aromatic N) is 2. The van der Waals surface area contributed by atoms with Crippen LogP contribution in [0, 0.1) is 6.92 Å². The summed E-state index contributed by atoms with van der Waals surface area (Å²) in [4.78, 5) is 52.3. The van der Waals surface area contributed by atoms with Gasteiger partial charge in [-0.15, -0.1) is 0 Å². The predicted octanol–water partition coefficient (Wildman–Crippen LogP) is 2.06. The topological polar surface area (TPSA) is 105 Å². The molecule has 3 aliphatic heterocycles. The maximum absolute atomic E-state index is 12.7. The lowest BCUT2D eigenvalue weighted by atomic mass is 10.1. The predicted molar refractivity (Wildman–Crippen MR) is 102 cm³/mol. The monoisotopic (exact) mass is 399 g/mol. The molecule has 0 radical (unpaired) electrons. The molecule has 3 fully saturated rings. The van der Waals surface area contributed by atoms with Gasteiger partial charge >= 0.3 is 18.0 Å². The highest BCUT2D eigenvalue weighted by atomic mass is 16.7. The SMILES string of the molecule is Cc1ccc(NC=C2C(=O)OC(C)(C)OC2=O)cc1N1C(=O)C2CCCN2C1=O. The second kappa shape index (κ2) is 6.61. The van der Waals surface area contributed by atoms with E-state index < -0.39 is 23.8 Å². The Morgan fingerprint density at radius 2 is 1.83 bits per heavy atom. The summed E-state index contributed by atoms with van der Waals surface area (Å²) in [5.74, 6) is -3.13. The first-order chi connectivity index (χ1) is 13.7. The van der Waals surface area contributed by atoms with Gasteiger partial charge in [0.1, 0.15) is 6.04 Å². The van der Waals surface area contributed by atoms with Gasteiger partial charge in [-0.1, -0.05) is 6.07 Å². The van der Waals surface area contributed by atoms with Gasteiger partial charge in [-0.05, 0) is 37.5 Å². The van der Waals surface area contributed by atoms with Crippen molar-refractivity contribution < 1.29 is 28.7 Å². The second-order valence-corrected chi connectivity index (χ2v) is 7.69. The van der Waals surface area contributed by atoms with Crippen molar-refractivity contribution in [3.05, 3.63) is 35.5 Å². The molecule has 1 aromatic carbocycles. The lowest BCUT2D eigenvalue weighted by Gasteiger charge is -2.29. The normalized spacial score (nSPS) is 23.1. The molecule has 0 aliphatic carbocycles. The zero-order valence-electron chi connectivity index (χ0n) is 16.4. The van der Waals surface area contributed by atoms with Crippen LogP contribution in [0.1, 0.15) is 32.3 Å². The highest BCUT2D eigenvalue weighted by Crippen LogP contribution is 2.34. The van der Waals surface area contributed by atoms with Crippen LogP contribution < -0.4 is 10.2 Å². The average Bonchev–Trinajstić information content (AvgIpc) is 3.19. The van der Waals surface area contributed by atoms with E-state index in [1.807, 2.05) is 0 Å². The molecule has 152 valence electrons. The fraction of sp³-hybridized carbons (Fsp3) is 0.400. The molecule has 9 nitrogen and oxygen atoms in total. The van der Waals surface area contributed by atoms with Crippen LogP contribution in [0.25, 0.3) is 0 Å². The number of urea groups is 1. The Morgan fingerprint density at radius 3 is 2.48 bits per heavy atom. The molecule has 3 saturated heterocycles. The third-order valence-electron chi connectivity index (χ3n) is 5.15. The lowest BCUT2D eigenvalue weighted by Crippen LogP contribution is -2.42. The molecule has 0 bridgehead atoms. The fourth-order valence-corrected chi connectivity index (χ4v) is 3.72. The van der Waals surface area contributed by atoms with E-state index in [1.54, 1.807) is 30.0 Å². The number of anilines is 2. The minimum absolute atomic E-state index is 0.229. The molecule has 3 heterocycles. The number of esters is 2. The number of fused-ring (bicyclic) bond motifs is 1. The van der Waals surface area contributed by atoms with Crippen LogP contribution in [0.2, 0.25) is 0 Å². The summed E-state index contributed by atoms with van der Waals surface area (Å²) < 4.78 is 10.1. The van der Waals surface area contributed by atoms with Crippen LogP contribution in [-0.4, -0.2) is 47.2 Å². The van der Waals surface area contributed by atoms with E-state index in [1.165, 1.54) is 24.9 Å². The van der Waals surface area contributed by atoms with Crippen molar-refractivity contribution in [1.82, 2.24) is 4.90 Å². The standard InChI is InChI=1S/C20H21N3O6/c1-11-6-7-12(21-10-13-17(25)28-20(2,3)29-18(13)26)9-15(11)23-16(24)14-5-4-8-22(14)19(23)27/h6-7,9-10,14,21H,4-5,8H2,1-3H3. The van der Waals surface area contributed by atoms with Crippen molar-refractivity contribution >= 4 is 35.3 Å². The van der Waals surface area contributed by atoms with Crippen molar-refractivity contribution in [3.8, 4) is 0 Å². The van der Waals surface area contributed by atoms with Gasteiger partial charge in [0, 0.05) is 32.3 Å². The Bertz CT molecular complexity index is 923. The summed E-state index contributed by atoms with van der Waals surface area (Å²) in [6.07, 6.45) is 2.69. The van der Waals surface area contributed by atoms with Gasteiger partial charge in [-0.3, -0.25) is 4.79 Å². The summed E-state index contributed by atoms with van der Waals surface area (Å²) in [7, 11) is 0. The van der Waals surface area contributed by atoms with E-state index in [2.05, 4.69) is 5.32 Å². The van der Waals surface area contributed by atoms with Crippen LogP contribution in [0.5, 0.6) is 0 Å². The first-order valence-corrected chi connectivity index (χ1v) is 9.36. The van der Waals surface area contributed by atoms with E-state index >= 15 is 0 Å². The second-order valence-electron chi connectivity index (χ2n) is 7.69. The molecule has 1 aromatic rings. The van der Waals surface area contributed by atoms with Crippen molar-refractivity contribution in [2.45, 2.75) is 45.4 Å². The van der Waals surface area contributed by atoms with Crippen LogP contribution in [-0.2, 0) is 23.9 Å². The summed E-state index contributed by atoms with van der Waals surface area (Å²) in [6.45, 7) is 5.32. The molecule has 1 N–H and O–H groups in total. The highest BCUT2D eigenvalue weighted by molar-refractivity contribution is 6.22. The van der Waals surface area contributed by atoms with Crippen molar-refractivity contribution in [2.75, 3.05) is 16.8 Å². The molecule has 29 heavy (non-hydrogen) atoms. The number of benzene rings is 1. The zero-order chi connectivity index (χ0) is 20.9. The Balaban J connectivity index is 1.58. The lowest BCUT2D eigenvalue weighted by molar-refractivity contribution is -0.222. The molecule has 3 aliphatic rings. The first kappa shape index (κ1) is 19.0. The van der Waals surface area contributed by atoms with E-state index in [9.17, 15) is 19.2 Å². The molecule has 1 atom stereocenters. The summed E-state index contributed by atoms with van der Waals surface area (Å²) >= 11 is 0. The van der Waals surface area contributed by atoms with Gasteiger partial charge in [-0.25, -0.2) is 19.3 Å². The van der Waals surface area contributed by atoms with Gasteiger partial charge in [0.25, 0.3) is 11.7 Å². The molecule has 1 unspecified atom stereocenters. The van der Waals surface area contributed by atoms with Gasteiger partial charge in [-0.2, -0.15) is 0 Å². The highest BCUT2D eigenvalue weighted by Gasteiger charge is 2.48. The third-order valence-corrected chi connectivity index (χ3v) is 5.15. The Labute approximate surface area is 167 Å². The number of ether oxygens (including phenoxy) is 2. The molecule has 0 saturated carbocycles. The number of hydrogen-bond acceptors (Lipinski definition) is 7. The molecule has 9 heteroatoms. The molecule has 3 amide bonds.